The van der Waals surface area contributed by atoms with Crippen molar-refractivity contribution in [3.63, 3.8) is 0 Å². The lowest BCUT2D eigenvalue weighted by atomic mass is 10.1. The van der Waals surface area contributed by atoms with Crippen molar-refractivity contribution in [2.45, 2.75) is 38.9 Å². The lowest BCUT2D eigenvalue weighted by molar-refractivity contribution is -0.154. The van der Waals surface area contributed by atoms with Crippen molar-refractivity contribution in [3.8, 4) is 11.5 Å². The third-order valence-electron chi connectivity index (χ3n) is 4.07. The van der Waals surface area contributed by atoms with Gasteiger partial charge in [-0.05, 0) is 30.0 Å². The normalized spacial score (nSPS) is 13.2. The molecule has 2 aromatic carbocycles. The molecule has 0 bridgehead atoms. The molecule has 0 aliphatic rings. The fourth-order valence-electron chi connectivity index (χ4n) is 2.65. The number of fused-ring (bicyclic) bond motifs is 1. The summed E-state index contributed by atoms with van der Waals surface area (Å²) in [6.07, 6.45) is -0.336. The third-order valence-corrected chi connectivity index (χ3v) is 4.07. The van der Waals surface area contributed by atoms with Crippen LogP contribution in [0, 0.1) is 0 Å². The summed E-state index contributed by atoms with van der Waals surface area (Å²) in [4.78, 5) is 24.1. The first kappa shape index (κ1) is 19.9. The molecule has 0 fully saturated rings. The molecule has 2 atom stereocenters. The van der Waals surface area contributed by atoms with Crippen LogP contribution in [0.2, 0.25) is 0 Å². The first-order valence-corrected chi connectivity index (χ1v) is 8.54. The summed E-state index contributed by atoms with van der Waals surface area (Å²) < 4.78 is 21.3. The maximum Gasteiger partial charge on any atom is 0.343 e. The highest BCUT2D eigenvalue weighted by atomic mass is 16.6. The number of benzene rings is 2. The minimum Gasteiger partial charge on any atom is -0.426 e. The Hall–Kier alpha value is -2.44. The Morgan fingerprint density at radius 2 is 1.77 bits per heavy atom. The van der Waals surface area contributed by atoms with E-state index >= 15 is 0 Å². The van der Waals surface area contributed by atoms with Gasteiger partial charge in [0, 0.05) is 26.0 Å². The van der Waals surface area contributed by atoms with Crippen LogP contribution in [0.15, 0.2) is 36.4 Å². The second-order valence-corrected chi connectivity index (χ2v) is 5.73. The van der Waals surface area contributed by atoms with Gasteiger partial charge >= 0.3 is 11.9 Å². The molecule has 26 heavy (non-hydrogen) atoms. The Bertz CT molecular complexity index is 766. The molecule has 2 aromatic rings. The molecule has 0 aliphatic carbocycles. The van der Waals surface area contributed by atoms with Gasteiger partial charge in [0.05, 0.1) is 6.10 Å². The van der Waals surface area contributed by atoms with Crippen LogP contribution in [-0.2, 0) is 19.1 Å². The zero-order chi connectivity index (χ0) is 19.1. The second-order valence-electron chi connectivity index (χ2n) is 5.73. The molecule has 0 aromatic heterocycles. The number of carbonyl (C=O) groups is 2. The van der Waals surface area contributed by atoms with Gasteiger partial charge in [-0.15, -0.1) is 0 Å². The second kappa shape index (κ2) is 9.31. The highest BCUT2D eigenvalue weighted by Gasteiger charge is 2.29. The summed E-state index contributed by atoms with van der Waals surface area (Å²) in [5.41, 5.74) is 0. The van der Waals surface area contributed by atoms with E-state index in [0.717, 1.165) is 5.39 Å². The van der Waals surface area contributed by atoms with Crippen LogP contribution in [-0.4, -0.2) is 38.4 Å². The van der Waals surface area contributed by atoms with Gasteiger partial charge in [0.2, 0.25) is 0 Å². The van der Waals surface area contributed by atoms with E-state index in [9.17, 15) is 9.59 Å². The maximum atomic E-state index is 12.4. The van der Waals surface area contributed by atoms with E-state index in [0.29, 0.717) is 23.3 Å². The van der Waals surface area contributed by atoms with Crippen LogP contribution >= 0.6 is 0 Å². The number of hydrogen-bond donors (Lipinski definition) is 0. The van der Waals surface area contributed by atoms with E-state index < -0.39 is 18.2 Å². The van der Waals surface area contributed by atoms with Crippen LogP contribution in [0.4, 0.5) is 0 Å². The zero-order valence-corrected chi connectivity index (χ0v) is 15.5. The number of esters is 2. The van der Waals surface area contributed by atoms with Gasteiger partial charge in [0.15, 0.2) is 6.10 Å². The molecule has 0 saturated heterocycles. The first-order valence-electron chi connectivity index (χ1n) is 8.54. The Kier molecular flexibility index (Phi) is 7.12. The van der Waals surface area contributed by atoms with Crippen LogP contribution < -0.4 is 9.47 Å². The van der Waals surface area contributed by atoms with Crippen molar-refractivity contribution >= 4 is 22.7 Å². The van der Waals surface area contributed by atoms with E-state index in [1.165, 1.54) is 14.2 Å². The third kappa shape index (κ3) is 4.59. The van der Waals surface area contributed by atoms with Crippen LogP contribution in [0.3, 0.4) is 0 Å². The molecule has 0 amide bonds. The van der Waals surface area contributed by atoms with Gasteiger partial charge in [-0.2, -0.15) is 0 Å². The summed E-state index contributed by atoms with van der Waals surface area (Å²) in [6, 6.07) is 10.6. The van der Waals surface area contributed by atoms with Crippen LogP contribution in [0.25, 0.3) is 10.8 Å². The van der Waals surface area contributed by atoms with Crippen LogP contribution in [0.1, 0.15) is 26.7 Å². The highest BCUT2D eigenvalue weighted by Crippen LogP contribution is 2.30. The van der Waals surface area contributed by atoms with Gasteiger partial charge < -0.3 is 18.9 Å². The quantitative estimate of drug-likeness (QED) is 0.530. The average molecular weight is 360 g/mol. The molecule has 6 heteroatoms. The van der Waals surface area contributed by atoms with Crippen molar-refractivity contribution in [2.24, 2.45) is 0 Å². The Morgan fingerprint density at radius 1 is 1.00 bits per heavy atom. The van der Waals surface area contributed by atoms with E-state index in [2.05, 4.69) is 0 Å². The molecule has 0 spiro atoms. The molecule has 0 heterocycles. The van der Waals surface area contributed by atoms with Crippen molar-refractivity contribution in [2.75, 3.05) is 14.2 Å². The summed E-state index contributed by atoms with van der Waals surface area (Å²) in [5.74, 6) is -0.0943. The Morgan fingerprint density at radius 3 is 2.38 bits per heavy atom. The molecule has 140 valence electrons. The first-order chi connectivity index (χ1) is 12.5. The lowest BCUT2D eigenvalue weighted by Gasteiger charge is -2.22. The SMILES string of the molecule is CCC(=O)Oc1cccc2ccc(OC(=O)C(OC)C(CC)OC)cc12. The van der Waals surface area contributed by atoms with E-state index in [1.807, 2.05) is 13.0 Å². The lowest BCUT2D eigenvalue weighted by Crippen LogP contribution is -2.39. The molecular weight excluding hydrogens is 336 g/mol. The Balaban J connectivity index is 2.28. The summed E-state index contributed by atoms with van der Waals surface area (Å²) in [5, 5.41) is 1.56. The highest BCUT2D eigenvalue weighted by molar-refractivity contribution is 5.92. The van der Waals surface area contributed by atoms with Crippen LogP contribution in [0.5, 0.6) is 11.5 Å². The monoisotopic (exact) mass is 360 g/mol. The molecule has 6 nitrogen and oxygen atoms in total. The fraction of sp³-hybridized carbons (Fsp3) is 0.400. The topological polar surface area (TPSA) is 71.1 Å². The van der Waals surface area contributed by atoms with E-state index in [1.54, 1.807) is 37.3 Å². The molecular formula is C20H24O6. The number of carbonyl (C=O) groups excluding carboxylic acids is 2. The number of methoxy groups -OCH3 is 2. The molecule has 2 unspecified atom stereocenters. The molecule has 0 saturated carbocycles. The standard InChI is InChI=1S/C20H24O6/c1-5-16(23-3)19(24-4)20(22)25-14-11-10-13-8-7-9-17(15(13)12-14)26-18(21)6-2/h7-12,16,19H,5-6H2,1-4H3. The van der Waals surface area contributed by atoms with Crippen molar-refractivity contribution < 1.29 is 28.5 Å². The van der Waals surface area contributed by atoms with Gasteiger partial charge in [0.25, 0.3) is 0 Å². The summed E-state index contributed by atoms with van der Waals surface area (Å²) in [6.45, 7) is 3.63. The molecule has 0 aliphatic heterocycles. The van der Waals surface area contributed by atoms with Gasteiger partial charge in [-0.25, -0.2) is 4.79 Å². The maximum absolute atomic E-state index is 12.4. The van der Waals surface area contributed by atoms with E-state index in [4.69, 9.17) is 18.9 Å². The van der Waals surface area contributed by atoms with Gasteiger partial charge in [0.1, 0.15) is 11.5 Å². The van der Waals surface area contributed by atoms with Crippen molar-refractivity contribution in [3.05, 3.63) is 36.4 Å². The van der Waals surface area contributed by atoms with Gasteiger partial charge in [-0.1, -0.05) is 32.0 Å². The minimum atomic E-state index is -0.825. The largest absolute Gasteiger partial charge is 0.426 e. The summed E-state index contributed by atoms with van der Waals surface area (Å²) in [7, 11) is 2.97. The minimum absolute atomic E-state index is 0.274. The number of rotatable bonds is 8. The zero-order valence-electron chi connectivity index (χ0n) is 15.5. The molecule has 2 rings (SSSR count). The summed E-state index contributed by atoms with van der Waals surface area (Å²) >= 11 is 0. The average Bonchev–Trinajstić information content (AvgIpc) is 2.66. The van der Waals surface area contributed by atoms with Gasteiger partial charge in [-0.3, -0.25) is 4.79 Å². The Labute approximate surface area is 153 Å². The number of hydrogen-bond acceptors (Lipinski definition) is 6. The van der Waals surface area contributed by atoms with Crippen molar-refractivity contribution in [1.82, 2.24) is 0 Å². The fourth-order valence-corrected chi connectivity index (χ4v) is 2.65. The molecule has 0 radical (unpaired) electrons. The number of ether oxygens (including phenoxy) is 4. The smallest absolute Gasteiger partial charge is 0.343 e. The van der Waals surface area contributed by atoms with Crippen molar-refractivity contribution in [1.29, 1.82) is 0 Å². The van der Waals surface area contributed by atoms with E-state index in [-0.39, 0.29) is 12.4 Å². The molecule has 0 N–H and O–H groups in total. The predicted molar refractivity (Wildman–Crippen MR) is 97.4 cm³/mol. The predicted octanol–water partition coefficient (Wildman–Crippen LogP) is 3.50.